The summed E-state index contributed by atoms with van der Waals surface area (Å²) in [5.41, 5.74) is 0. The Morgan fingerprint density at radius 3 is 1.52 bits per heavy atom. The molecule has 1 saturated heterocycles. The first kappa shape index (κ1) is 44.7. The first-order valence-corrected chi connectivity index (χ1v) is 20.2. The van der Waals surface area contributed by atoms with Crippen LogP contribution in [0.4, 0.5) is 0 Å². The number of carbonyl (C=O) groups is 2. The summed E-state index contributed by atoms with van der Waals surface area (Å²) in [6.45, 7) is 3.69. The molecule has 0 aromatic heterocycles. The van der Waals surface area contributed by atoms with Crippen molar-refractivity contribution in [2.45, 2.75) is 192 Å². The van der Waals surface area contributed by atoms with E-state index in [4.69, 9.17) is 18.9 Å². The second kappa shape index (κ2) is 27.4. The van der Waals surface area contributed by atoms with E-state index in [0.717, 1.165) is 38.5 Å². The highest BCUT2D eigenvalue weighted by molar-refractivity contribution is 7.85. The molecule has 12 nitrogen and oxygen atoms in total. The summed E-state index contributed by atoms with van der Waals surface area (Å²) < 4.78 is 53.6. The molecule has 4 N–H and O–H groups in total. The van der Waals surface area contributed by atoms with E-state index in [2.05, 4.69) is 13.8 Å². The van der Waals surface area contributed by atoms with Gasteiger partial charge in [0.05, 0.1) is 6.61 Å². The van der Waals surface area contributed by atoms with Gasteiger partial charge in [-0.25, -0.2) is 0 Å². The molecule has 48 heavy (non-hydrogen) atoms. The van der Waals surface area contributed by atoms with E-state index in [9.17, 15) is 37.9 Å². The molecule has 1 aliphatic rings. The van der Waals surface area contributed by atoms with E-state index in [1.807, 2.05) is 0 Å². The number of unbranched alkanes of at least 4 members (excludes halogenated alkanes) is 18. The van der Waals surface area contributed by atoms with Crippen LogP contribution >= 0.6 is 0 Å². The third-order valence-electron chi connectivity index (χ3n) is 8.69. The lowest BCUT2D eigenvalue weighted by molar-refractivity contribution is -0.297. The van der Waals surface area contributed by atoms with Crippen molar-refractivity contribution < 1.29 is 56.8 Å². The van der Waals surface area contributed by atoms with Crippen LogP contribution in [0.5, 0.6) is 0 Å². The molecule has 1 heterocycles. The smallest absolute Gasteiger partial charge is 0.306 e. The third kappa shape index (κ3) is 22.4. The van der Waals surface area contributed by atoms with Crippen molar-refractivity contribution in [3.05, 3.63) is 0 Å². The van der Waals surface area contributed by atoms with Crippen molar-refractivity contribution in [1.82, 2.24) is 0 Å². The van der Waals surface area contributed by atoms with Crippen molar-refractivity contribution in [3.8, 4) is 0 Å². The van der Waals surface area contributed by atoms with Crippen molar-refractivity contribution in [2.75, 3.05) is 19.0 Å². The molecule has 2 unspecified atom stereocenters. The maximum atomic E-state index is 12.6. The summed E-state index contributed by atoms with van der Waals surface area (Å²) in [7, 11) is -4.59. The molecule has 0 bridgehead atoms. The first-order valence-electron chi connectivity index (χ1n) is 18.6. The van der Waals surface area contributed by atoms with Gasteiger partial charge in [-0.1, -0.05) is 129 Å². The fourth-order valence-corrected chi connectivity index (χ4v) is 6.43. The zero-order valence-corrected chi connectivity index (χ0v) is 30.4. The SMILES string of the molecule is CCCCCCCCCCCCCC(=O)OC[C@H](CO[C@H]1O[C@H](CS(=O)(=O)O)[C@@H](O)C(O)C1O)OC(=O)CCCCCCCCCCC. The van der Waals surface area contributed by atoms with Crippen LogP contribution in [0.15, 0.2) is 0 Å². The van der Waals surface area contributed by atoms with Gasteiger partial charge in [-0.05, 0) is 12.8 Å². The van der Waals surface area contributed by atoms with Crippen molar-refractivity contribution in [1.29, 1.82) is 0 Å². The van der Waals surface area contributed by atoms with Crippen LogP contribution in [-0.4, -0.2) is 96.0 Å². The molecule has 0 aromatic carbocycles. The molecule has 0 spiro atoms. The summed E-state index contributed by atoms with van der Waals surface area (Å²) in [5, 5.41) is 30.6. The van der Waals surface area contributed by atoms with Gasteiger partial charge in [-0.15, -0.1) is 0 Å². The molecule has 0 aromatic rings. The maximum absolute atomic E-state index is 12.6. The Balaban J connectivity index is 2.54. The van der Waals surface area contributed by atoms with Gasteiger partial charge in [0.25, 0.3) is 10.1 Å². The van der Waals surface area contributed by atoms with Crippen LogP contribution in [0, 0.1) is 0 Å². The van der Waals surface area contributed by atoms with Gasteiger partial charge in [-0.3, -0.25) is 14.1 Å². The lowest BCUT2D eigenvalue weighted by atomic mass is 10.00. The van der Waals surface area contributed by atoms with Crippen LogP contribution < -0.4 is 0 Å². The molecule has 1 aliphatic heterocycles. The number of esters is 2. The minimum atomic E-state index is -4.59. The Labute approximate surface area is 289 Å². The average molecular weight is 711 g/mol. The number of aliphatic hydroxyl groups excluding tert-OH is 3. The fourth-order valence-electron chi connectivity index (χ4n) is 5.73. The number of ether oxygens (including phenoxy) is 4. The fraction of sp³-hybridized carbons (Fsp3) is 0.943. The van der Waals surface area contributed by atoms with Gasteiger partial charge in [0.2, 0.25) is 0 Å². The largest absolute Gasteiger partial charge is 0.462 e. The monoisotopic (exact) mass is 710 g/mol. The average Bonchev–Trinajstić information content (AvgIpc) is 3.04. The van der Waals surface area contributed by atoms with E-state index < -0.39 is 71.2 Å². The Morgan fingerprint density at radius 1 is 0.625 bits per heavy atom. The second-order valence-electron chi connectivity index (χ2n) is 13.3. The number of carbonyl (C=O) groups excluding carboxylic acids is 2. The van der Waals surface area contributed by atoms with Gasteiger partial charge in [0.1, 0.15) is 36.8 Å². The van der Waals surface area contributed by atoms with Gasteiger partial charge >= 0.3 is 11.9 Å². The van der Waals surface area contributed by atoms with Crippen molar-refractivity contribution in [3.63, 3.8) is 0 Å². The molecular formula is C35H66O12S. The summed E-state index contributed by atoms with van der Waals surface area (Å²) in [5.74, 6) is -1.98. The molecule has 6 atom stereocenters. The molecule has 1 fully saturated rings. The van der Waals surface area contributed by atoms with E-state index in [0.29, 0.717) is 12.8 Å². The molecule has 0 saturated carbocycles. The molecule has 1 rings (SSSR count). The zero-order chi connectivity index (χ0) is 35.6. The van der Waals surface area contributed by atoms with Crippen LogP contribution in [0.2, 0.25) is 0 Å². The van der Waals surface area contributed by atoms with Crippen molar-refractivity contribution >= 4 is 22.1 Å². The Kier molecular flexibility index (Phi) is 25.5. The molecule has 13 heteroatoms. The minimum Gasteiger partial charge on any atom is -0.462 e. The van der Waals surface area contributed by atoms with Crippen LogP contribution in [0.25, 0.3) is 0 Å². The highest BCUT2D eigenvalue weighted by Gasteiger charge is 2.46. The predicted molar refractivity (Wildman–Crippen MR) is 183 cm³/mol. The van der Waals surface area contributed by atoms with Gasteiger partial charge < -0.3 is 34.3 Å². The van der Waals surface area contributed by atoms with Crippen LogP contribution in [-0.2, 0) is 38.7 Å². The molecule has 284 valence electrons. The quantitative estimate of drug-likeness (QED) is 0.0401. The van der Waals surface area contributed by atoms with Gasteiger partial charge in [0, 0.05) is 12.8 Å². The Morgan fingerprint density at radius 2 is 1.06 bits per heavy atom. The molecule has 0 radical (unpaired) electrons. The lowest BCUT2D eigenvalue weighted by Crippen LogP contribution is -2.60. The number of hydrogen-bond donors (Lipinski definition) is 4. The number of rotatable bonds is 30. The lowest BCUT2D eigenvalue weighted by Gasteiger charge is -2.40. The number of hydrogen-bond acceptors (Lipinski definition) is 11. The molecule has 0 amide bonds. The first-order chi connectivity index (χ1) is 23.0. The van der Waals surface area contributed by atoms with Crippen LogP contribution in [0.3, 0.4) is 0 Å². The summed E-state index contributed by atoms with van der Waals surface area (Å²) in [6.07, 6.45) is 13.2. The van der Waals surface area contributed by atoms with E-state index in [1.54, 1.807) is 0 Å². The molecular weight excluding hydrogens is 644 g/mol. The summed E-state index contributed by atoms with van der Waals surface area (Å²) >= 11 is 0. The Hall–Kier alpha value is -1.35. The third-order valence-corrected chi connectivity index (χ3v) is 9.44. The summed E-state index contributed by atoms with van der Waals surface area (Å²) in [4.78, 5) is 25.1. The number of aliphatic hydroxyl groups is 3. The Bertz CT molecular complexity index is 931. The maximum Gasteiger partial charge on any atom is 0.306 e. The van der Waals surface area contributed by atoms with Gasteiger partial charge in [0.15, 0.2) is 12.4 Å². The standard InChI is InChI=1S/C35H66O12S/c1-3-5-7-9-11-13-14-16-17-19-21-23-30(36)44-25-28(46-31(37)24-22-20-18-15-12-10-8-6-4-2)26-45-35-34(40)33(39)32(38)29(47-35)27-48(41,42)43/h28-29,32-35,38-40H,3-27H2,1-2H3,(H,41,42,43)/t28-,29-,32-,33?,34?,35+/m1/s1. The summed E-state index contributed by atoms with van der Waals surface area (Å²) in [6, 6.07) is 0. The van der Waals surface area contributed by atoms with E-state index in [1.165, 1.54) is 77.0 Å². The van der Waals surface area contributed by atoms with E-state index in [-0.39, 0.29) is 19.4 Å². The highest BCUT2D eigenvalue weighted by atomic mass is 32.2. The van der Waals surface area contributed by atoms with Crippen LogP contribution in [0.1, 0.15) is 155 Å². The van der Waals surface area contributed by atoms with Crippen molar-refractivity contribution in [2.24, 2.45) is 0 Å². The second-order valence-corrected chi connectivity index (χ2v) is 14.8. The van der Waals surface area contributed by atoms with E-state index >= 15 is 0 Å². The zero-order valence-electron chi connectivity index (χ0n) is 29.6. The predicted octanol–water partition coefficient (Wildman–Crippen LogP) is 5.78. The molecule has 0 aliphatic carbocycles. The minimum absolute atomic E-state index is 0.170. The normalized spacial score (nSPS) is 22.0. The highest BCUT2D eigenvalue weighted by Crippen LogP contribution is 2.24. The van der Waals surface area contributed by atoms with Gasteiger partial charge in [-0.2, -0.15) is 8.42 Å². The topological polar surface area (TPSA) is 186 Å².